The van der Waals surface area contributed by atoms with E-state index in [1.807, 2.05) is 24.3 Å². The Morgan fingerprint density at radius 2 is 2.23 bits per heavy atom. The van der Waals surface area contributed by atoms with Crippen molar-refractivity contribution >= 4 is 16.9 Å². The number of nitrogens with zero attached hydrogens (tertiary/aromatic N) is 2. The number of rotatable bonds is 1. The summed E-state index contributed by atoms with van der Waals surface area (Å²) in [6.45, 7) is 0. The molecule has 0 aliphatic heterocycles. The van der Waals surface area contributed by atoms with Crippen LogP contribution in [-0.2, 0) is 0 Å². The molecule has 2 aromatic rings. The van der Waals surface area contributed by atoms with Gasteiger partial charge in [0.2, 0.25) is 0 Å². The van der Waals surface area contributed by atoms with E-state index in [2.05, 4.69) is 10.5 Å². The van der Waals surface area contributed by atoms with Crippen molar-refractivity contribution in [2.75, 3.05) is 5.43 Å². The maximum Gasteiger partial charge on any atom is 0.332 e. The number of hydrogen-bond donors (Lipinski definition) is 2. The van der Waals surface area contributed by atoms with Crippen LogP contribution in [0.5, 0.6) is 0 Å². The van der Waals surface area contributed by atoms with E-state index in [9.17, 15) is 4.79 Å². The molecule has 5 heteroatoms. The van der Waals surface area contributed by atoms with Crippen LogP contribution in [0.15, 0.2) is 30.5 Å². The van der Waals surface area contributed by atoms with Crippen molar-refractivity contribution in [1.82, 2.24) is 9.89 Å². The van der Waals surface area contributed by atoms with Gasteiger partial charge in [-0.15, -0.1) is 0 Å². The summed E-state index contributed by atoms with van der Waals surface area (Å²) in [5.74, 6) is 0. The molecule has 5 nitrogen and oxygen atoms in total. The number of urea groups is 1. The highest BCUT2D eigenvalue weighted by Crippen LogP contribution is 2.09. The first kappa shape index (κ1) is 7.60. The highest BCUT2D eigenvalue weighted by molar-refractivity contribution is 5.82. The molecule has 0 saturated carbocycles. The number of fused-ring (bicyclic) bond motifs is 1. The van der Waals surface area contributed by atoms with Gasteiger partial charge in [0.25, 0.3) is 0 Å². The number of benzene rings is 1. The molecule has 0 atom stereocenters. The predicted octanol–water partition coefficient (Wildman–Crippen LogP) is 0.658. The van der Waals surface area contributed by atoms with Crippen molar-refractivity contribution in [2.45, 2.75) is 0 Å². The molecule has 0 bridgehead atoms. The number of primary amides is 1. The summed E-state index contributed by atoms with van der Waals surface area (Å²) in [7, 11) is 0. The van der Waals surface area contributed by atoms with Crippen molar-refractivity contribution in [3.8, 4) is 0 Å². The number of hydrogen-bond acceptors (Lipinski definition) is 2. The van der Waals surface area contributed by atoms with Gasteiger partial charge in [0.05, 0.1) is 11.7 Å². The molecule has 1 heterocycles. The average Bonchev–Trinajstić information content (AvgIpc) is 2.44. The lowest BCUT2D eigenvalue weighted by Crippen LogP contribution is -2.28. The minimum atomic E-state index is -0.632. The summed E-state index contributed by atoms with van der Waals surface area (Å²) in [6, 6.07) is 6.91. The Kier molecular flexibility index (Phi) is 1.63. The van der Waals surface area contributed by atoms with Crippen molar-refractivity contribution < 1.29 is 4.79 Å². The molecule has 66 valence electrons. The molecule has 0 fully saturated rings. The van der Waals surface area contributed by atoms with E-state index in [1.165, 1.54) is 4.79 Å². The molecule has 0 aliphatic rings. The Morgan fingerprint density at radius 3 is 2.92 bits per heavy atom. The Balaban J connectivity index is 2.44. The van der Waals surface area contributed by atoms with Crippen molar-refractivity contribution in [1.29, 1.82) is 0 Å². The normalized spacial score (nSPS) is 10.2. The minimum absolute atomic E-state index is 0.632. The van der Waals surface area contributed by atoms with Crippen LogP contribution in [0.4, 0.5) is 4.79 Å². The first-order chi connectivity index (χ1) is 6.25. The second-order valence-corrected chi connectivity index (χ2v) is 2.61. The third kappa shape index (κ3) is 1.44. The highest BCUT2D eigenvalue weighted by atomic mass is 16.2. The fourth-order valence-electron chi connectivity index (χ4n) is 1.13. The first-order valence-corrected chi connectivity index (χ1v) is 3.76. The predicted molar refractivity (Wildman–Crippen MR) is 48.7 cm³/mol. The van der Waals surface area contributed by atoms with Crippen LogP contribution in [0.25, 0.3) is 10.9 Å². The van der Waals surface area contributed by atoms with E-state index in [0.717, 1.165) is 10.9 Å². The fourth-order valence-corrected chi connectivity index (χ4v) is 1.13. The third-order valence-electron chi connectivity index (χ3n) is 1.64. The van der Waals surface area contributed by atoms with Gasteiger partial charge < -0.3 is 5.73 Å². The molecule has 13 heavy (non-hydrogen) atoms. The molecule has 0 saturated heterocycles. The number of amides is 2. The molecule has 1 aromatic carbocycles. The zero-order chi connectivity index (χ0) is 9.26. The molecule has 3 N–H and O–H groups in total. The van der Waals surface area contributed by atoms with E-state index in [-0.39, 0.29) is 0 Å². The van der Waals surface area contributed by atoms with Gasteiger partial charge in [-0.25, -0.2) is 10.2 Å². The van der Waals surface area contributed by atoms with Gasteiger partial charge in [-0.2, -0.15) is 9.89 Å². The standard InChI is InChI=1S/C8H8N4O/c9-8(13)11-12-5-6-3-1-2-4-7(6)10-12/h1-5H,(H3,9,11,13). The van der Waals surface area contributed by atoms with E-state index in [0.29, 0.717) is 0 Å². The zero-order valence-corrected chi connectivity index (χ0v) is 6.77. The largest absolute Gasteiger partial charge is 0.350 e. The Bertz CT molecular complexity index is 415. The maximum atomic E-state index is 10.5. The fraction of sp³-hybridized carbons (Fsp3) is 0. The van der Waals surface area contributed by atoms with Gasteiger partial charge in [0.15, 0.2) is 0 Å². The van der Waals surface area contributed by atoms with E-state index in [1.54, 1.807) is 6.20 Å². The third-order valence-corrected chi connectivity index (χ3v) is 1.64. The second kappa shape index (κ2) is 2.78. The molecular formula is C8H8N4O. The van der Waals surface area contributed by atoms with Crippen LogP contribution in [0.2, 0.25) is 0 Å². The molecule has 2 rings (SSSR count). The maximum absolute atomic E-state index is 10.5. The van der Waals surface area contributed by atoms with Crippen LogP contribution in [0.1, 0.15) is 0 Å². The number of nitrogens with one attached hydrogen (secondary N) is 1. The number of carbonyl (C=O) groups excluding carboxylic acids is 1. The summed E-state index contributed by atoms with van der Waals surface area (Å²) < 4.78 is 0. The average molecular weight is 176 g/mol. The van der Waals surface area contributed by atoms with Gasteiger partial charge in [0, 0.05) is 5.39 Å². The molecule has 0 spiro atoms. The lowest BCUT2D eigenvalue weighted by molar-refractivity contribution is 0.256. The van der Waals surface area contributed by atoms with E-state index < -0.39 is 6.03 Å². The monoisotopic (exact) mass is 176 g/mol. The van der Waals surface area contributed by atoms with Crippen LogP contribution in [0, 0.1) is 0 Å². The van der Waals surface area contributed by atoms with Gasteiger partial charge in [-0.3, -0.25) is 0 Å². The van der Waals surface area contributed by atoms with Crippen molar-refractivity contribution in [3.63, 3.8) is 0 Å². The highest BCUT2D eigenvalue weighted by Gasteiger charge is 1.99. The van der Waals surface area contributed by atoms with E-state index in [4.69, 9.17) is 5.73 Å². The molecule has 0 unspecified atom stereocenters. The van der Waals surface area contributed by atoms with Crippen LogP contribution >= 0.6 is 0 Å². The summed E-state index contributed by atoms with van der Waals surface area (Å²) in [4.78, 5) is 11.8. The minimum Gasteiger partial charge on any atom is -0.350 e. The molecule has 0 radical (unpaired) electrons. The van der Waals surface area contributed by atoms with Crippen LogP contribution in [-0.4, -0.2) is 15.9 Å². The van der Waals surface area contributed by atoms with Crippen molar-refractivity contribution in [3.05, 3.63) is 30.5 Å². The number of carbonyl (C=O) groups is 1. The Labute approximate surface area is 74.1 Å². The van der Waals surface area contributed by atoms with Crippen LogP contribution in [0.3, 0.4) is 0 Å². The Hall–Kier alpha value is -2.04. The summed E-state index contributed by atoms with van der Waals surface area (Å²) in [5.41, 5.74) is 8.09. The summed E-state index contributed by atoms with van der Waals surface area (Å²) in [5, 5.41) is 5.01. The van der Waals surface area contributed by atoms with Crippen LogP contribution < -0.4 is 11.2 Å². The van der Waals surface area contributed by atoms with Gasteiger partial charge >= 0.3 is 6.03 Å². The smallest absolute Gasteiger partial charge is 0.332 e. The molecule has 0 aliphatic carbocycles. The van der Waals surface area contributed by atoms with Gasteiger partial charge in [-0.1, -0.05) is 18.2 Å². The quantitative estimate of drug-likeness (QED) is 0.669. The lowest BCUT2D eigenvalue weighted by atomic mass is 10.3. The zero-order valence-electron chi connectivity index (χ0n) is 6.77. The van der Waals surface area contributed by atoms with Gasteiger partial charge in [-0.05, 0) is 6.07 Å². The number of nitrogens with two attached hydrogens (primary N) is 1. The number of aromatic nitrogens is 2. The first-order valence-electron chi connectivity index (χ1n) is 3.76. The van der Waals surface area contributed by atoms with Crippen molar-refractivity contribution in [2.24, 2.45) is 5.73 Å². The van der Waals surface area contributed by atoms with E-state index >= 15 is 0 Å². The lowest BCUT2D eigenvalue weighted by Gasteiger charge is -1.97. The Morgan fingerprint density at radius 1 is 1.46 bits per heavy atom. The van der Waals surface area contributed by atoms with Gasteiger partial charge in [0.1, 0.15) is 0 Å². The molecule has 1 aromatic heterocycles. The summed E-state index contributed by atoms with van der Waals surface area (Å²) >= 11 is 0. The molecular weight excluding hydrogens is 168 g/mol. The second-order valence-electron chi connectivity index (χ2n) is 2.61. The molecule has 2 amide bonds. The topological polar surface area (TPSA) is 72.9 Å². The SMILES string of the molecule is NC(=O)Nn1cc2ccccc2n1. The summed E-state index contributed by atoms with van der Waals surface area (Å²) in [6.07, 6.45) is 1.69.